The maximum absolute atomic E-state index is 11.9. The van der Waals surface area contributed by atoms with Crippen molar-refractivity contribution in [3.05, 3.63) is 0 Å². The van der Waals surface area contributed by atoms with Crippen LogP contribution < -0.4 is 29.4 Å². The van der Waals surface area contributed by atoms with Crippen molar-refractivity contribution < 1.29 is 121 Å². The van der Waals surface area contributed by atoms with Crippen LogP contribution in [0.2, 0.25) is 0 Å². The Hall–Kier alpha value is 2.86. The summed E-state index contributed by atoms with van der Waals surface area (Å²) in [5.41, 5.74) is -5.36. The molecule has 0 aliphatic heterocycles. The fourth-order valence-electron chi connectivity index (χ4n) is 3.84. The maximum Gasteiger partial charge on any atom is 0.694 e. The fraction of sp³-hybridized carbons (Fsp3) is 1.00. The second kappa shape index (κ2) is 37.9. The van der Waals surface area contributed by atoms with E-state index in [0.29, 0.717) is 13.0 Å². The molecule has 0 aliphatic carbocycles. The minimum Gasteiger partial charge on any atom is -0.780 e. The molecule has 0 rings (SSSR count). The summed E-state index contributed by atoms with van der Waals surface area (Å²) in [4.78, 5) is 93.3. The van der Waals surface area contributed by atoms with Crippen LogP contribution in [0, 0.1) is 16.2 Å². The lowest BCUT2D eigenvalue weighted by Crippen LogP contribution is -2.29. The van der Waals surface area contributed by atoms with E-state index >= 15 is 0 Å². The number of hydrogen-bond acceptors (Lipinski definition) is 28. The van der Waals surface area contributed by atoms with Crippen molar-refractivity contribution in [2.75, 3.05) is 52.9 Å². The summed E-state index contributed by atoms with van der Waals surface area (Å²) in [7, 11) is -11.5. The molecular weight excluding hydrogens is 1320 g/mol. The normalized spacial score (nSPS) is 18.5. The average molecular weight is 1410 g/mol. The summed E-state index contributed by atoms with van der Waals surface area (Å²) in [6, 6.07) is 0. The standard InChI is InChI=1S/C9H22O7P2S.C9H22O6P2S2.C9H20O6P2S.C7H17O4P.C7H17O3PS/c1-8(2,3)16-18(13,19)15-7-9(4,5)6-14-17(10,11)12;1-8(2,3)15-17(12,19)14-7-9(4,5)6-13-16(10,11)18;1-8(2,3)15-17(12,18)14-7-9(4,5)6-13-16(10)11;1-5-6-10-12(8,9)11-7(2,3)4;1-5-6-9-11(8,12)10-7(2,3)4/h6-7H2,1-5H3,(H,13,19)(H2,10,11,12);6-7H2,1-5H3,(H,12,19)(H2,10,11,18);6-7H2,1-5H3,(H-,10,11,12,18);5-6H2,1-4H3,(H,8,9);5-6H2,1-4H3,(H,8,12)/p-6. The van der Waals surface area contributed by atoms with Gasteiger partial charge in [0.05, 0.1) is 74.3 Å². The van der Waals surface area contributed by atoms with E-state index in [1.165, 1.54) is 0 Å². The SMILES string of the molecule is CC(C)(COP(=O)([O-])O)COP([O-])(=S)OC(C)(C)C.CC(C)(COP(=O)([S-])OC(C)(C)C)COP([O-])(O)=S.CC(C)(CO[P+](=O)O)COP([O-])(=S)OC(C)(C)C.CCCOP(=O)([O-])OC(C)(C)C.CCCOP([O-])(=S)OC(C)(C)C. The van der Waals surface area contributed by atoms with Gasteiger partial charge in [0.25, 0.3) is 15.6 Å². The van der Waals surface area contributed by atoms with Gasteiger partial charge in [-0.3, -0.25) is 13.7 Å². The first-order valence-corrected chi connectivity index (χ1v) is 41.0. The van der Waals surface area contributed by atoms with Gasteiger partial charge in [0.15, 0.2) is 6.80 Å². The molecule has 488 valence electrons. The van der Waals surface area contributed by atoms with Crippen molar-refractivity contribution in [1.29, 1.82) is 0 Å². The molecule has 80 heavy (non-hydrogen) atoms. The molecule has 8 unspecified atom stereocenters. The first kappa shape index (κ1) is 91.6. The predicted molar refractivity (Wildman–Crippen MR) is 315 cm³/mol. The lowest BCUT2D eigenvalue weighted by molar-refractivity contribution is -0.234. The Morgan fingerprint density at radius 2 is 0.700 bits per heavy atom. The van der Waals surface area contributed by atoms with Gasteiger partial charge in [0, 0.05) is 20.8 Å². The van der Waals surface area contributed by atoms with E-state index in [9.17, 15) is 47.6 Å². The van der Waals surface area contributed by atoms with Gasteiger partial charge in [-0.1, -0.05) is 103 Å². The molecule has 0 heterocycles. The molecule has 0 spiro atoms. The Kier molecular flexibility index (Phi) is 43.4. The molecule has 8 atom stereocenters. The summed E-state index contributed by atoms with van der Waals surface area (Å²) in [6.45, 7) is 21.4. The van der Waals surface area contributed by atoms with Crippen LogP contribution in [0.25, 0.3) is 0 Å². The molecule has 0 saturated heterocycles. The molecule has 0 saturated carbocycles. The molecule has 39 heteroatoms. The molecule has 0 fully saturated rings. The van der Waals surface area contributed by atoms with Gasteiger partial charge in [0.1, 0.15) is 33.5 Å². The van der Waals surface area contributed by atoms with E-state index in [-0.39, 0.29) is 46.2 Å². The van der Waals surface area contributed by atoms with Crippen molar-refractivity contribution in [2.45, 2.75) is 200 Å². The minimum atomic E-state index is -4.79. The van der Waals surface area contributed by atoms with Crippen LogP contribution in [0.1, 0.15) is 172 Å². The largest absolute Gasteiger partial charge is 0.780 e. The Labute approximate surface area is 504 Å². The Balaban J connectivity index is -0.000000297. The van der Waals surface area contributed by atoms with E-state index in [1.807, 2.05) is 13.8 Å². The molecule has 3 N–H and O–H groups in total. The van der Waals surface area contributed by atoms with E-state index in [1.54, 1.807) is 145 Å². The van der Waals surface area contributed by atoms with Crippen LogP contribution >= 0.6 is 57.6 Å². The fourth-order valence-corrected chi connectivity index (χ4v) is 14.8. The number of hydrogen-bond donors (Lipinski definition) is 3. The van der Waals surface area contributed by atoms with Crippen molar-refractivity contribution in [1.82, 2.24) is 0 Å². The van der Waals surface area contributed by atoms with Gasteiger partial charge in [-0.05, 0) is 117 Å². The number of rotatable bonds is 29. The molecule has 0 aromatic carbocycles. The lowest BCUT2D eigenvalue weighted by Gasteiger charge is -2.37. The maximum atomic E-state index is 11.9. The second-order valence-corrected chi connectivity index (χ2v) is 40.8. The van der Waals surface area contributed by atoms with Gasteiger partial charge in [0.2, 0.25) is 0 Å². The zero-order chi connectivity index (χ0) is 65.3. The summed E-state index contributed by atoms with van der Waals surface area (Å²) in [5.74, 6) is 0. The minimum absolute atomic E-state index is 0.00698. The summed E-state index contributed by atoms with van der Waals surface area (Å²) < 4.78 is 107. The van der Waals surface area contributed by atoms with Crippen molar-refractivity contribution in [2.24, 2.45) is 16.2 Å². The molecule has 0 bridgehead atoms. The Morgan fingerprint density at radius 1 is 0.425 bits per heavy atom. The van der Waals surface area contributed by atoms with Crippen LogP contribution in [-0.4, -0.2) is 95.5 Å². The van der Waals surface area contributed by atoms with Gasteiger partial charge < -0.3 is 106 Å². The molecule has 0 radical (unpaired) electrons. The quantitative estimate of drug-likeness (QED) is 0.0466. The monoisotopic (exact) mass is 1410 g/mol. The van der Waals surface area contributed by atoms with Gasteiger partial charge in [-0.15, -0.1) is 9.42 Å². The van der Waals surface area contributed by atoms with E-state index in [2.05, 4.69) is 41.7 Å². The summed E-state index contributed by atoms with van der Waals surface area (Å²) in [6.07, 6.45) is 1.44. The lowest BCUT2D eigenvalue weighted by atomic mass is 9.97. The van der Waals surface area contributed by atoms with Crippen LogP contribution in [0.15, 0.2) is 0 Å². The first-order chi connectivity index (χ1) is 34.6. The Bertz CT molecular complexity index is 2010. The first-order valence-electron chi connectivity index (χ1n) is 24.1. The van der Waals surface area contributed by atoms with Crippen LogP contribution in [0.4, 0.5) is 0 Å². The average Bonchev–Trinajstić information content (AvgIpc) is 3.14. The van der Waals surface area contributed by atoms with Crippen LogP contribution in [-0.2, 0) is 137 Å². The van der Waals surface area contributed by atoms with Gasteiger partial charge in [-0.2, -0.15) is 0 Å². The topological polar surface area (TPSA) is 387 Å². The zero-order valence-corrected chi connectivity index (χ0v) is 61.7. The predicted octanol–water partition coefficient (Wildman–Crippen LogP) is 8.60. The third-order valence-electron chi connectivity index (χ3n) is 6.48. The molecule has 0 aromatic rings. The third-order valence-corrected chi connectivity index (χ3v) is 16.4. The highest BCUT2D eigenvalue weighted by molar-refractivity contribution is 8.32. The van der Waals surface area contributed by atoms with Crippen molar-refractivity contribution >= 4 is 117 Å². The smallest absolute Gasteiger partial charge is 0.694 e. The van der Waals surface area contributed by atoms with Crippen LogP contribution in [0.3, 0.4) is 0 Å². The Morgan fingerprint density at radius 3 is 0.988 bits per heavy atom. The second-order valence-electron chi connectivity index (χ2n) is 24.2. The molecule has 26 nitrogen and oxygen atoms in total. The number of phosphoric ester groups is 2. The van der Waals surface area contributed by atoms with Crippen LogP contribution in [0.5, 0.6) is 0 Å². The molecule has 0 aliphatic rings. The molecule has 0 aromatic heterocycles. The third kappa shape index (κ3) is 73.3. The summed E-state index contributed by atoms with van der Waals surface area (Å²) >= 11 is 23.1. The number of phosphoric acid groups is 2. The zero-order valence-electron chi connectivity index (χ0n) is 50.4. The van der Waals surface area contributed by atoms with E-state index in [0.717, 1.165) is 6.42 Å². The van der Waals surface area contributed by atoms with E-state index < -0.39 is 102 Å². The molecular formula is C41H92O26P8S5-6. The van der Waals surface area contributed by atoms with Crippen molar-refractivity contribution in [3.8, 4) is 0 Å². The highest BCUT2D eigenvalue weighted by Crippen LogP contribution is 2.51. The van der Waals surface area contributed by atoms with E-state index in [4.69, 9.17) is 91.3 Å². The summed E-state index contributed by atoms with van der Waals surface area (Å²) in [5, 5.41) is 0. The molecule has 0 amide bonds. The van der Waals surface area contributed by atoms with Gasteiger partial charge >= 0.3 is 8.25 Å². The highest BCUT2D eigenvalue weighted by atomic mass is 32.7. The van der Waals surface area contributed by atoms with Crippen molar-refractivity contribution in [3.63, 3.8) is 0 Å². The highest BCUT2D eigenvalue weighted by Gasteiger charge is 2.29. The van der Waals surface area contributed by atoms with Gasteiger partial charge in [-0.25, -0.2) is 0 Å².